The molecule has 0 aliphatic rings. The maximum atomic E-state index is 5.73. The molecule has 0 aliphatic heterocycles. The van der Waals surface area contributed by atoms with Gasteiger partial charge in [-0.25, -0.2) is 0 Å². The van der Waals surface area contributed by atoms with Gasteiger partial charge in [-0.15, -0.1) is 0 Å². The lowest BCUT2D eigenvalue weighted by molar-refractivity contribution is 0.131. The predicted octanol–water partition coefficient (Wildman–Crippen LogP) is 8.60. The van der Waals surface area contributed by atoms with Crippen LogP contribution in [-0.2, 0) is 4.74 Å². The van der Waals surface area contributed by atoms with E-state index in [0.29, 0.717) is 0 Å². The van der Waals surface area contributed by atoms with Gasteiger partial charge in [-0.3, -0.25) is 0 Å². The molecule has 174 valence electrons. The summed E-state index contributed by atoms with van der Waals surface area (Å²) >= 11 is 0. The molecule has 2 nitrogen and oxygen atoms in total. The fraction of sp³-hybridized carbons (Fsp3) is 0.926. The molecule has 0 aromatic heterocycles. The number of hydrogen-bond acceptors (Lipinski definition) is 2. The monoisotopic (exact) mass is 409 g/mol. The van der Waals surface area contributed by atoms with E-state index in [9.17, 15) is 0 Å². The van der Waals surface area contributed by atoms with E-state index in [2.05, 4.69) is 31.3 Å². The smallest absolute Gasteiger partial charge is 0.0590 e. The van der Waals surface area contributed by atoms with Gasteiger partial charge in [0.2, 0.25) is 0 Å². The van der Waals surface area contributed by atoms with Crippen molar-refractivity contribution in [2.75, 3.05) is 26.3 Å². The highest BCUT2D eigenvalue weighted by Crippen LogP contribution is 2.10. The van der Waals surface area contributed by atoms with E-state index in [1.54, 1.807) is 0 Å². The molecule has 0 aromatic rings. The van der Waals surface area contributed by atoms with Crippen LogP contribution in [0.1, 0.15) is 136 Å². The van der Waals surface area contributed by atoms with Gasteiger partial charge in [0.1, 0.15) is 0 Å². The average Bonchev–Trinajstić information content (AvgIpc) is 2.74. The third-order valence-corrected chi connectivity index (χ3v) is 5.68. The van der Waals surface area contributed by atoms with Crippen molar-refractivity contribution in [1.82, 2.24) is 5.32 Å². The van der Waals surface area contributed by atoms with Gasteiger partial charge in [-0.2, -0.15) is 0 Å². The van der Waals surface area contributed by atoms with Crippen LogP contribution in [0.2, 0.25) is 0 Å². The van der Waals surface area contributed by atoms with Crippen LogP contribution >= 0.6 is 0 Å². The Morgan fingerprint density at radius 2 is 0.966 bits per heavy atom. The molecule has 0 radical (unpaired) electrons. The van der Waals surface area contributed by atoms with Crippen LogP contribution in [0.3, 0.4) is 0 Å². The first-order chi connectivity index (χ1) is 14.4. The molecule has 0 saturated carbocycles. The first-order valence-corrected chi connectivity index (χ1v) is 13.3. The van der Waals surface area contributed by atoms with Crippen molar-refractivity contribution in [3.05, 3.63) is 12.2 Å². The fourth-order valence-electron chi connectivity index (χ4n) is 3.68. The van der Waals surface area contributed by atoms with E-state index in [4.69, 9.17) is 4.74 Å². The van der Waals surface area contributed by atoms with Crippen molar-refractivity contribution in [3.8, 4) is 0 Å². The molecule has 0 spiro atoms. The van der Waals surface area contributed by atoms with Crippen LogP contribution in [0.5, 0.6) is 0 Å². The molecule has 29 heavy (non-hydrogen) atoms. The topological polar surface area (TPSA) is 21.3 Å². The highest BCUT2D eigenvalue weighted by atomic mass is 16.5. The van der Waals surface area contributed by atoms with Gasteiger partial charge < -0.3 is 10.1 Å². The van der Waals surface area contributed by atoms with E-state index in [1.807, 2.05) is 0 Å². The van der Waals surface area contributed by atoms with Gasteiger partial charge >= 0.3 is 0 Å². The molecule has 0 aromatic carbocycles. The zero-order valence-corrected chi connectivity index (χ0v) is 20.3. The van der Waals surface area contributed by atoms with Crippen molar-refractivity contribution in [2.24, 2.45) is 0 Å². The van der Waals surface area contributed by atoms with Crippen LogP contribution in [0, 0.1) is 0 Å². The molecule has 0 saturated heterocycles. The second-order valence-electron chi connectivity index (χ2n) is 8.71. The lowest BCUT2D eigenvalue weighted by atomic mass is 10.1. The summed E-state index contributed by atoms with van der Waals surface area (Å²) in [6.07, 6.45) is 30.7. The first-order valence-electron chi connectivity index (χ1n) is 13.3. The Hall–Kier alpha value is -0.340. The quantitative estimate of drug-likeness (QED) is 0.120. The maximum Gasteiger partial charge on any atom is 0.0590 e. The first kappa shape index (κ1) is 28.7. The lowest BCUT2D eigenvalue weighted by Crippen LogP contribution is -2.21. The normalized spacial score (nSPS) is 11.7. The molecule has 2 heteroatoms. The Balaban J connectivity index is 3.04. The molecule has 0 amide bonds. The minimum atomic E-state index is 0.875. The summed E-state index contributed by atoms with van der Waals surface area (Å²) in [5.41, 5.74) is 0. The Morgan fingerprint density at radius 3 is 1.55 bits per heavy atom. The van der Waals surface area contributed by atoms with E-state index < -0.39 is 0 Å². The van der Waals surface area contributed by atoms with Crippen LogP contribution in [-0.4, -0.2) is 26.3 Å². The zero-order valence-electron chi connectivity index (χ0n) is 20.3. The standard InChI is InChI=1S/C27H55NO/c1-3-5-7-9-10-11-12-13-14-15-16-17-18-19-21-23-26-29-27-25-28-24-22-20-8-6-4-2/h13-14,28H,3-12,15-27H2,1-2H3/b14-13-. The number of rotatable bonds is 25. The number of allylic oxidation sites excluding steroid dienone is 2. The lowest BCUT2D eigenvalue weighted by Gasteiger charge is -2.06. The third-order valence-electron chi connectivity index (χ3n) is 5.68. The number of unbranched alkanes of at least 4 members (excludes halogenated alkanes) is 16. The molecule has 0 atom stereocenters. The second-order valence-corrected chi connectivity index (χ2v) is 8.71. The Labute approximate surface area is 184 Å². The molecule has 0 bridgehead atoms. The maximum absolute atomic E-state index is 5.73. The summed E-state index contributed by atoms with van der Waals surface area (Å²) < 4.78 is 5.73. The Morgan fingerprint density at radius 1 is 0.483 bits per heavy atom. The second kappa shape index (κ2) is 27.7. The van der Waals surface area contributed by atoms with Gasteiger partial charge in [0.15, 0.2) is 0 Å². The summed E-state index contributed by atoms with van der Waals surface area (Å²) in [4.78, 5) is 0. The van der Waals surface area contributed by atoms with E-state index in [-0.39, 0.29) is 0 Å². The predicted molar refractivity (Wildman–Crippen MR) is 132 cm³/mol. The zero-order chi connectivity index (χ0) is 21.1. The highest BCUT2D eigenvalue weighted by molar-refractivity contribution is 4.81. The summed E-state index contributed by atoms with van der Waals surface area (Å²) in [6, 6.07) is 0. The number of hydrogen-bond donors (Lipinski definition) is 1. The number of nitrogens with one attached hydrogen (secondary N) is 1. The Bertz CT molecular complexity index is 303. The summed E-state index contributed by atoms with van der Waals surface area (Å²) in [6.45, 7) is 8.54. The molecule has 0 rings (SSSR count). The molecular weight excluding hydrogens is 354 g/mol. The van der Waals surface area contributed by atoms with Crippen LogP contribution < -0.4 is 5.32 Å². The third kappa shape index (κ3) is 27.7. The van der Waals surface area contributed by atoms with Crippen molar-refractivity contribution in [2.45, 2.75) is 136 Å². The van der Waals surface area contributed by atoms with Crippen molar-refractivity contribution in [3.63, 3.8) is 0 Å². The van der Waals surface area contributed by atoms with Gasteiger partial charge in [0.25, 0.3) is 0 Å². The van der Waals surface area contributed by atoms with E-state index in [1.165, 1.54) is 122 Å². The summed E-state index contributed by atoms with van der Waals surface area (Å²) in [7, 11) is 0. The van der Waals surface area contributed by atoms with Gasteiger partial charge in [-0.05, 0) is 45.1 Å². The van der Waals surface area contributed by atoms with Crippen molar-refractivity contribution in [1.29, 1.82) is 0 Å². The minimum absolute atomic E-state index is 0.875. The molecule has 1 N–H and O–H groups in total. The van der Waals surface area contributed by atoms with Crippen LogP contribution in [0.25, 0.3) is 0 Å². The summed E-state index contributed by atoms with van der Waals surface area (Å²) in [5, 5.41) is 3.49. The molecular formula is C27H55NO. The van der Waals surface area contributed by atoms with Crippen molar-refractivity contribution >= 4 is 0 Å². The SMILES string of the molecule is CCCCCCCC/C=C\CCCCCCCCOCCNCCCCCCC. The largest absolute Gasteiger partial charge is 0.380 e. The van der Waals surface area contributed by atoms with E-state index in [0.717, 1.165) is 26.3 Å². The number of ether oxygens (including phenoxy) is 1. The highest BCUT2D eigenvalue weighted by Gasteiger charge is 1.94. The van der Waals surface area contributed by atoms with Crippen LogP contribution in [0.15, 0.2) is 12.2 Å². The van der Waals surface area contributed by atoms with Crippen LogP contribution in [0.4, 0.5) is 0 Å². The van der Waals surface area contributed by atoms with Gasteiger partial charge in [0, 0.05) is 13.2 Å². The van der Waals surface area contributed by atoms with Crippen molar-refractivity contribution < 1.29 is 4.74 Å². The fourth-order valence-corrected chi connectivity index (χ4v) is 3.68. The van der Waals surface area contributed by atoms with Gasteiger partial charge in [0.05, 0.1) is 6.61 Å². The molecule has 0 heterocycles. The van der Waals surface area contributed by atoms with Gasteiger partial charge in [-0.1, -0.05) is 109 Å². The minimum Gasteiger partial charge on any atom is -0.380 e. The summed E-state index contributed by atoms with van der Waals surface area (Å²) in [5.74, 6) is 0. The average molecular weight is 410 g/mol. The molecule has 0 unspecified atom stereocenters. The molecule has 0 fully saturated rings. The Kier molecular flexibility index (Phi) is 27.3. The molecule has 0 aliphatic carbocycles. The van der Waals surface area contributed by atoms with E-state index >= 15 is 0 Å².